The van der Waals surface area contributed by atoms with E-state index < -0.39 is 0 Å². The van der Waals surface area contributed by atoms with Gasteiger partial charge in [-0.1, -0.05) is 62.4 Å². The Labute approximate surface area is 183 Å². The Bertz CT molecular complexity index is 946. The van der Waals surface area contributed by atoms with Gasteiger partial charge in [0.05, 0.1) is 23.1 Å². The zero-order valence-electron chi connectivity index (χ0n) is 17.7. The summed E-state index contributed by atoms with van der Waals surface area (Å²) in [5.41, 5.74) is 4.37. The van der Waals surface area contributed by atoms with Gasteiger partial charge in [-0.3, -0.25) is 9.59 Å². The monoisotopic (exact) mass is 420 g/mol. The molecule has 156 valence electrons. The molecule has 30 heavy (non-hydrogen) atoms. The summed E-state index contributed by atoms with van der Waals surface area (Å²) in [5.74, 6) is 0.212. The van der Waals surface area contributed by atoms with E-state index in [4.69, 9.17) is 0 Å². The minimum atomic E-state index is -0.383. The lowest BCUT2D eigenvalue weighted by atomic mass is 9.81. The van der Waals surface area contributed by atoms with E-state index >= 15 is 0 Å². The Kier molecular flexibility index (Phi) is 7.33. The van der Waals surface area contributed by atoms with Gasteiger partial charge in [0.25, 0.3) is 0 Å². The third-order valence-electron chi connectivity index (χ3n) is 5.72. The van der Waals surface area contributed by atoms with Gasteiger partial charge in [0, 0.05) is 18.8 Å². The van der Waals surface area contributed by atoms with Crippen LogP contribution < -0.4 is 5.32 Å². The fourth-order valence-electron chi connectivity index (χ4n) is 3.86. The fourth-order valence-corrected chi connectivity index (χ4v) is 5.00. The van der Waals surface area contributed by atoms with E-state index in [1.165, 1.54) is 17.3 Å². The summed E-state index contributed by atoms with van der Waals surface area (Å²) >= 11 is 1.37. The third kappa shape index (κ3) is 5.31. The lowest BCUT2D eigenvalue weighted by Crippen LogP contribution is -2.46. The Morgan fingerprint density at radius 3 is 2.53 bits per heavy atom. The van der Waals surface area contributed by atoms with Crippen LogP contribution in [0.4, 0.5) is 0 Å². The van der Waals surface area contributed by atoms with E-state index in [-0.39, 0.29) is 34.7 Å². The zero-order chi connectivity index (χ0) is 21.7. The fraction of sp³-hybridized carbons (Fsp3) is 0.400. The molecule has 0 aliphatic carbocycles. The topological polar surface area (TPSA) is 70.0 Å². The minimum Gasteiger partial charge on any atom is -0.343 e. The van der Waals surface area contributed by atoms with Crippen molar-refractivity contribution >= 4 is 23.5 Å². The second-order valence-electron chi connectivity index (χ2n) is 8.23. The lowest BCUT2D eigenvalue weighted by molar-refractivity contribution is -0.123. The number of hydrogen-bond acceptors (Lipinski definition) is 4. The van der Waals surface area contributed by atoms with Crippen molar-refractivity contribution in [3.8, 4) is 6.07 Å². The second kappa shape index (κ2) is 9.95. The Morgan fingerprint density at radius 2 is 1.90 bits per heavy atom. The van der Waals surface area contributed by atoms with Gasteiger partial charge < -0.3 is 5.32 Å². The predicted molar refractivity (Wildman–Crippen MR) is 121 cm³/mol. The molecule has 1 aliphatic rings. The molecule has 0 aromatic heterocycles. The number of nitrogens with zero attached hydrogens (tertiary/aromatic N) is 1. The number of nitriles is 1. The predicted octanol–water partition coefficient (Wildman–Crippen LogP) is 4.73. The second-order valence-corrected chi connectivity index (χ2v) is 9.36. The van der Waals surface area contributed by atoms with Crippen molar-refractivity contribution in [2.75, 3.05) is 5.75 Å². The van der Waals surface area contributed by atoms with Crippen LogP contribution in [0.2, 0.25) is 0 Å². The first-order valence-electron chi connectivity index (χ1n) is 10.4. The number of rotatable bonds is 7. The highest BCUT2D eigenvalue weighted by Crippen LogP contribution is 2.37. The molecule has 1 N–H and O–H groups in total. The molecule has 2 aromatic rings. The van der Waals surface area contributed by atoms with E-state index in [0.29, 0.717) is 18.8 Å². The van der Waals surface area contributed by atoms with Crippen molar-refractivity contribution in [1.29, 1.82) is 5.26 Å². The first-order valence-corrected chi connectivity index (χ1v) is 11.4. The molecular formula is C25H28N2O2S. The van der Waals surface area contributed by atoms with Crippen molar-refractivity contribution in [3.05, 3.63) is 70.8 Å². The summed E-state index contributed by atoms with van der Waals surface area (Å²) < 4.78 is 0. The molecule has 3 rings (SSSR count). The largest absolute Gasteiger partial charge is 0.343 e. The maximum Gasteiger partial charge on any atom is 0.221 e. The number of thioether (sulfide) groups is 1. The zero-order valence-corrected chi connectivity index (χ0v) is 18.5. The molecule has 2 aromatic carbocycles. The number of carbonyl (C=O) groups excluding carboxylic acids is 2. The number of aryl methyl sites for hydroxylation is 1. The molecule has 0 bridgehead atoms. The Balaban J connectivity index is 1.68. The SMILES string of the molecule is Cc1ccccc1CC(=O)CSC1NC(=O)CC(c2ccc(C(C)C)cc2)C1C#N. The molecule has 1 saturated heterocycles. The first-order chi connectivity index (χ1) is 14.4. The normalized spacial score (nSPS) is 21.2. The van der Waals surface area contributed by atoms with Gasteiger partial charge in [0.15, 0.2) is 0 Å². The molecule has 1 amide bonds. The molecule has 0 spiro atoms. The van der Waals surface area contributed by atoms with Crippen LogP contribution in [0.25, 0.3) is 0 Å². The number of carbonyl (C=O) groups is 2. The van der Waals surface area contributed by atoms with Crippen molar-refractivity contribution in [2.45, 2.75) is 50.8 Å². The average molecular weight is 421 g/mol. The highest BCUT2D eigenvalue weighted by molar-refractivity contribution is 8.00. The molecular weight excluding hydrogens is 392 g/mol. The van der Waals surface area contributed by atoms with Gasteiger partial charge in [-0.2, -0.15) is 5.26 Å². The summed E-state index contributed by atoms with van der Waals surface area (Å²) in [6.07, 6.45) is 0.672. The van der Waals surface area contributed by atoms with Crippen molar-refractivity contribution < 1.29 is 9.59 Å². The van der Waals surface area contributed by atoms with Crippen LogP contribution in [0.5, 0.6) is 0 Å². The van der Waals surface area contributed by atoms with Crippen molar-refractivity contribution in [2.24, 2.45) is 5.92 Å². The molecule has 1 aliphatic heterocycles. The maximum atomic E-state index is 12.5. The number of piperidine rings is 1. The number of amides is 1. The summed E-state index contributed by atoms with van der Waals surface area (Å²) in [6, 6.07) is 18.5. The number of Topliss-reactive ketones (excluding diaryl/α,β-unsaturated/α-hetero) is 1. The maximum absolute atomic E-state index is 12.5. The number of hydrogen-bond donors (Lipinski definition) is 1. The van der Waals surface area contributed by atoms with Gasteiger partial charge in [-0.25, -0.2) is 0 Å². The summed E-state index contributed by atoms with van der Waals surface area (Å²) in [5, 5.41) is 12.4. The molecule has 0 radical (unpaired) electrons. The van der Waals surface area contributed by atoms with E-state index in [9.17, 15) is 14.9 Å². The van der Waals surface area contributed by atoms with E-state index in [0.717, 1.165) is 16.7 Å². The summed E-state index contributed by atoms with van der Waals surface area (Å²) in [4.78, 5) is 24.9. The molecule has 1 fully saturated rings. The van der Waals surface area contributed by atoms with Gasteiger partial charge in [-0.05, 0) is 35.1 Å². The average Bonchev–Trinajstić information content (AvgIpc) is 2.73. The van der Waals surface area contributed by atoms with E-state index in [2.05, 4.69) is 37.4 Å². The lowest BCUT2D eigenvalue weighted by Gasteiger charge is -2.34. The molecule has 3 unspecified atom stereocenters. The highest BCUT2D eigenvalue weighted by Gasteiger charge is 2.38. The molecule has 5 heteroatoms. The number of nitrogens with one attached hydrogen (secondary N) is 1. The standard InChI is InChI=1S/C25H28N2O2S/c1-16(2)18-8-10-19(11-9-18)22-13-24(29)27-25(23(22)14-26)30-15-21(28)12-20-7-5-4-6-17(20)3/h4-11,16,22-23,25H,12-13,15H2,1-3H3,(H,27,29). The van der Waals surface area contributed by atoms with Crippen LogP contribution in [-0.2, 0) is 16.0 Å². The van der Waals surface area contributed by atoms with E-state index in [1.54, 1.807) is 0 Å². The van der Waals surface area contributed by atoms with Gasteiger partial charge >= 0.3 is 0 Å². The molecule has 1 heterocycles. The van der Waals surface area contributed by atoms with Crippen LogP contribution in [0.15, 0.2) is 48.5 Å². The highest BCUT2D eigenvalue weighted by atomic mass is 32.2. The third-order valence-corrected chi connectivity index (χ3v) is 6.98. The quantitative estimate of drug-likeness (QED) is 0.703. The van der Waals surface area contributed by atoms with Gasteiger partial charge in [-0.15, -0.1) is 11.8 Å². The van der Waals surface area contributed by atoms with Crippen molar-refractivity contribution in [3.63, 3.8) is 0 Å². The van der Waals surface area contributed by atoms with E-state index in [1.807, 2.05) is 43.3 Å². The Morgan fingerprint density at radius 1 is 1.20 bits per heavy atom. The molecule has 3 atom stereocenters. The summed E-state index contributed by atoms with van der Waals surface area (Å²) in [6.45, 7) is 6.28. The number of benzene rings is 2. The van der Waals surface area contributed by atoms with Crippen LogP contribution >= 0.6 is 11.8 Å². The van der Waals surface area contributed by atoms with Crippen LogP contribution in [0.1, 0.15) is 54.4 Å². The first kappa shape index (κ1) is 22.1. The Hall–Kier alpha value is -2.58. The number of ketones is 1. The minimum absolute atomic E-state index is 0.0664. The van der Waals surface area contributed by atoms with Crippen molar-refractivity contribution in [1.82, 2.24) is 5.32 Å². The molecule has 0 saturated carbocycles. The van der Waals surface area contributed by atoms with Gasteiger partial charge in [0.1, 0.15) is 5.78 Å². The summed E-state index contributed by atoms with van der Waals surface area (Å²) in [7, 11) is 0. The van der Waals surface area contributed by atoms with Crippen LogP contribution in [0.3, 0.4) is 0 Å². The smallest absolute Gasteiger partial charge is 0.221 e. The van der Waals surface area contributed by atoms with Crippen LogP contribution in [-0.4, -0.2) is 22.8 Å². The van der Waals surface area contributed by atoms with Crippen LogP contribution in [0, 0.1) is 24.2 Å². The van der Waals surface area contributed by atoms with Gasteiger partial charge in [0.2, 0.25) is 5.91 Å². The molecule has 4 nitrogen and oxygen atoms in total.